The van der Waals surface area contributed by atoms with E-state index >= 15 is 0 Å². The van der Waals surface area contributed by atoms with Gasteiger partial charge in [-0.05, 0) is 37.8 Å². The summed E-state index contributed by atoms with van der Waals surface area (Å²) in [5.74, 6) is 1.51. The van der Waals surface area contributed by atoms with E-state index in [0.717, 1.165) is 49.1 Å². The molecule has 140 valence electrons. The second-order valence-electron chi connectivity index (χ2n) is 6.42. The molecule has 2 atom stereocenters. The molecule has 3 rings (SSSR count). The van der Waals surface area contributed by atoms with Crippen LogP contribution in [0.15, 0.2) is 24.3 Å². The Morgan fingerprint density at radius 3 is 2.76 bits per heavy atom. The van der Waals surface area contributed by atoms with Crippen LogP contribution in [0, 0.1) is 5.92 Å². The summed E-state index contributed by atoms with van der Waals surface area (Å²) in [6.07, 6.45) is 4.61. The Hall–Kier alpha value is -1.30. The number of imidazole rings is 1. The molecule has 2 aromatic rings. The molecule has 1 amide bonds. The van der Waals surface area contributed by atoms with Gasteiger partial charge in [0, 0.05) is 32.0 Å². The Kier molecular flexibility index (Phi) is 8.69. The lowest BCUT2D eigenvalue weighted by Gasteiger charge is -2.14. The van der Waals surface area contributed by atoms with Gasteiger partial charge >= 0.3 is 0 Å². The van der Waals surface area contributed by atoms with Gasteiger partial charge in [0.2, 0.25) is 5.91 Å². The normalized spacial score (nSPS) is 19.3. The summed E-state index contributed by atoms with van der Waals surface area (Å²) in [6.45, 7) is 3.64. The Morgan fingerprint density at radius 2 is 2.08 bits per heavy atom. The van der Waals surface area contributed by atoms with Gasteiger partial charge in [-0.1, -0.05) is 18.6 Å². The third-order valence-electron chi connectivity index (χ3n) is 4.89. The number of carbonyl (C=O) groups excluding carboxylic acids is 1. The molecular weight excluding hydrogens is 359 g/mol. The SMILES string of the molecule is CCn1c(CCNC(=O)C[C@@H]2CCC[C@H]2N)nc2ccccc21.Cl.Cl. The number of nitrogens with one attached hydrogen (secondary N) is 1. The number of hydrogen-bond acceptors (Lipinski definition) is 3. The highest BCUT2D eigenvalue weighted by Crippen LogP contribution is 2.26. The smallest absolute Gasteiger partial charge is 0.220 e. The molecule has 5 nitrogen and oxygen atoms in total. The van der Waals surface area contributed by atoms with Crippen molar-refractivity contribution >= 4 is 41.8 Å². The van der Waals surface area contributed by atoms with Crippen molar-refractivity contribution in [3.05, 3.63) is 30.1 Å². The molecule has 7 heteroatoms. The highest BCUT2D eigenvalue weighted by Gasteiger charge is 2.25. The van der Waals surface area contributed by atoms with E-state index < -0.39 is 0 Å². The van der Waals surface area contributed by atoms with E-state index in [1.807, 2.05) is 18.2 Å². The van der Waals surface area contributed by atoms with Crippen LogP contribution >= 0.6 is 24.8 Å². The van der Waals surface area contributed by atoms with E-state index in [2.05, 4.69) is 27.9 Å². The predicted molar refractivity (Wildman–Crippen MR) is 107 cm³/mol. The van der Waals surface area contributed by atoms with Crippen LogP contribution < -0.4 is 11.1 Å². The van der Waals surface area contributed by atoms with Crippen molar-refractivity contribution in [3.63, 3.8) is 0 Å². The summed E-state index contributed by atoms with van der Waals surface area (Å²) in [5, 5.41) is 3.03. The molecule has 1 aromatic carbocycles. The van der Waals surface area contributed by atoms with Crippen LogP contribution in [0.25, 0.3) is 11.0 Å². The van der Waals surface area contributed by atoms with E-state index in [9.17, 15) is 4.79 Å². The van der Waals surface area contributed by atoms with Gasteiger partial charge in [-0.3, -0.25) is 4.79 Å². The summed E-state index contributed by atoms with van der Waals surface area (Å²) < 4.78 is 2.22. The lowest BCUT2D eigenvalue weighted by Crippen LogP contribution is -2.32. The number of carbonyl (C=O) groups is 1. The van der Waals surface area contributed by atoms with Crippen LogP contribution in [0.4, 0.5) is 0 Å². The number of nitrogens with zero attached hydrogens (tertiary/aromatic N) is 2. The highest BCUT2D eigenvalue weighted by molar-refractivity contribution is 5.85. The first-order valence-corrected chi connectivity index (χ1v) is 8.65. The molecule has 3 N–H and O–H groups in total. The first kappa shape index (κ1) is 21.7. The number of nitrogens with two attached hydrogens (primary N) is 1. The van der Waals surface area contributed by atoms with Crippen molar-refractivity contribution in [2.45, 2.75) is 51.6 Å². The minimum absolute atomic E-state index is 0. The van der Waals surface area contributed by atoms with E-state index in [4.69, 9.17) is 5.73 Å². The molecule has 0 spiro atoms. The topological polar surface area (TPSA) is 72.9 Å². The maximum Gasteiger partial charge on any atom is 0.220 e. The lowest BCUT2D eigenvalue weighted by atomic mass is 10.00. The highest BCUT2D eigenvalue weighted by atomic mass is 35.5. The van der Waals surface area contributed by atoms with Gasteiger partial charge in [-0.2, -0.15) is 0 Å². The minimum Gasteiger partial charge on any atom is -0.356 e. The van der Waals surface area contributed by atoms with Crippen molar-refractivity contribution in [1.82, 2.24) is 14.9 Å². The van der Waals surface area contributed by atoms with Crippen LogP contribution in [0.5, 0.6) is 0 Å². The van der Waals surface area contributed by atoms with Crippen molar-refractivity contribution in [2.24, 2.45) is 11.7 Å². The number of halogens is 2. The van der Waals surface area contributed by atoms with Crippen LogP contribution in [-0.2, 0) is 17.8 Å². The fourth-order valence-corrected chi connectivity index (χ4v) is 3.61. The number of benzene rings is 1. The zero-order chi connectivity index (χ0) is 16.2. The summed E-state index contributed by atoms with van der Waals surface area (Å²) in [5.41, 5.74) is 8.22. The first-order chi connectivity index (χ1) is 11.2. The zero-order valence-electron chi connectivity index (χ0n) is 14.6. The molecule has 1 aliphatic rings. The molecule has 1 aromatic heterocycles. The van der Waals surface area contributed by atoms with Gasteiger partial charge in [0.25, 0.3) is 0 Å². The number of rotatable bonds is 6. The Bertz CT molecular complexity index is 689. The third kappa shape index (κ3) is 5.09. The fraction of sp³-hybridized carbons (Fsp3) is 0.556. The molecule has 1 aliphatic carbocycles. The Balaban J connectivity index is 0.00000156. The number of para-hydroxylation sites is 2. The maximum atomic E-state index is 12.1. The molecule has 25 heavy (non-hydrogen) atoms. The van der Waals surface area contributed by atoms with Gasteiger partial charge in [0.05, 0.1) is 11.0 Å². The molecule has 1 heterocycles. The van der Waals surface area contributed by atoms with Crippen LogP contribution in [0.1, 0.15) is 38.4 Å². The zero-order valence-corrected chi connectivity index (χ0v) is 16.2. The molecular formula is C18H28Cl2N4O. The molecule has 0 unspecified atom stereocenters. The van der Waals surface area contributed by atoms with E-state index in [-0.39, 0.29) is 36.8 Å². The monoisotopic (exact) mass is 386 g/mol. The molecule has 0 aliphatic heterocycles. The Labute approximate surface area is 161 Å². The number of aryl methyl sites for hydroxylation is 1. The molecule has 1 fully saturated rings. The summed E-state index contributed by atoms with van der Waals surface area (Å²) in [6, 6.07) is 8.36. The number of fused-ring (bicyclic) bond motifs is 1. The van der Waals surface area contributed by atoms with Crippen molar-refractivity contribution in [3.8, 4) is 0 Å². The van der Waals surface area contributed by atoms with Gasteiger partial charge in [0.1, 0.15) is 5.82 Å². The average Bonchev–Trinajstić information content (AvgIpc) is 3.10. The molecule has 0 saturated heterocycles. The van der Waals surface area contributed by atoms with Crippen LogP contribution in [0.2, 0.25) is 0 Å². The van der Waals surface area contributed by atoms with Crippen LogP contribution in [0.3, 0.4) is 0 Å². The average molecular weight is 387 g/mol. The van der Waals surface area contributed by atoms with E-state index in [0.29, 0.717) is 18.9 Å². The van der Waals surface area contributed by atoms with E-state index in [1.54, 1.807) is 0 Å². The second kappa shape index (κ2) is 10.00. The predicted octanol–water partition coefficient (Wildman–Crippen LogP) is 3.08. The van der Waals surface area contributed by atoms with Gasteiger partial charge < -0.3 is 15.6 Å². The van der Waals surface area contributed by atoms with Gasteiger partial charge in [0.15, 0.2) is 0 Å². The van der Waals surface area contributed by atoms with Crippen molar-refractivity contribution < 1.29 is 4.79 Å². The quantitative estimate of drug-likeness (QED) is 0.800. The lowest BCUT2D eigenvalue weighted by molar-refractivity contribution is -0.122. The summed E-state index contributed by atoms with van der Waals surface area (Å²) >= 11 is 0. The third-order valence-corrected chi connectivity index (χ3v) is 4.89. The standard InChI is InChI=1S/C18H26N4O.2ClH/c1-2-22-16-9-4-3-8-15(16)21-17(22)10-11-20-18(23)12-13-6-5-7-14(13)19;;/h3-4,8-9,13-14H,2,5-7,10-12,19H2,1H3,(H,20,23);2*1H/t13-,14+;;/m0../s1. The fourth-order valence-electron chi connectivity index (χ4n) is 3.61. The first-order valence-electron chi connectivity index (χ1n) is 8.65. The molecule has 0 radical (unpaired) electrons. The summed E-state index contributed by atoms with van der Waals surface area (Å²) in [7, 11) is 0. The Morgan fingerprint density at radius 1 is 1.32 bits per heavy atom. The minimum atomic E-state index is 0. The van der Waals surface area contributed by atoms with Gasteiger partial charge in [-0.25, -0.2) is 4.98 Å². The van der Waals surface area contributed by atoms with Crippen LogP contribution in [-0.4, -0.2) is 28.0 Å². The summed E-state index contributed by atoms with van der Waals surface area (Å²) in [4.78, 5) is 16.8. The maximum absolute atomic E-state index is 12.1. The van der Waals surface area contributed by atoms with Crippen molar-refractivity contribution in [2.75, 3.05) is 6.54 Å². The number of amides is 1. The molecule has 0 bridgehead atoms. The number of hydrogen-bond donors (Lipinski definition) is 2. The number of aromatic nitrogens is 2. The van der Waals surface area contributed by atoms with Gasteiger partial charge in [-0.15, -0.1) is 24.8 Å². The largest absolute Gasteiger partial charge is 0.356 e. The molecule has 1 saturated carbocycles. The second-order valence-corrected chi connectivity index (χ2v) is 6.42. The van der Waals surface area contributed by atoms with Crippen molar-refractivity contribution in [1.29, 1.82) is 0 Å². The van der Waals surface area contributed by atoms with E-state index in [1.165, 1.54) is 0 Å².